The number of carbonyl (C=O) groups excluding carboxylic acids is 3. The van der Waals surface area contributed by atoms with Gasteiger partial charge in [-0.05, 0) is 54.5 Å². The van der Waals surface area contributed by atoms with Gasteiger partial charge in [-0.2, -0.15) is 0 Å². The molecule has 0 fully saturated rings. The van der Waals surface area contributed by atoms with Gasteiger partial charge in [-0.15, -0.1) is 0 Å². The Hall–Kier alpha value is -3.49. The fraction of sp³-hybridized carbons (Fsp3) is 0.562. The lowest BCUT2D eigenvalue weighted by Crippen LogP contribution is -2.59. The van der Waals surface area contributed by atoms with E-state index < -0.39 is 87.5 Å². The van der Waals surface area contributed by atoms with E-state index in [2.05, 4.69) is 20.9 Å². The number of hydrogen-bond donors (Lipinski definition) is 5. The molecular formula is C32H46F2N4O7S. The third-order valence-corrected chi connectivity index (χ3v) is 9.07. The number of carbonyl (C=O) groups is 3. The Bertz CT molecular complexity index is 1390. The Morgan fingerprint density at radius 3 is 2.15 bits per heavy atom. The molecule has 2 rings (SSSR count). The summed E-state index contributed by atoms with van der Waals surface area (Å²) in [7, 11) is -3.86. The van der Waals surface area contributed by atoms with Gasteiger partial charge in [-0.3, -0.25) is 19.4 Å². The van der Waals surface area contributed by atoms with Crippen LogP contribution in [-0.4, -0.2) is 83.7 Å². The van der Waals surface area contributed by atoms with Crippen LogP contribution in [0, 0.1) is 29.4 Å². The average Bonchev–Trinajstić information content (AvgIpc) is 2.97. The fourth-order valence-electron chi connectivity index (χ4n) is 4.87. The molecule has 1 aromatic heterocycles. The van der Waals surface area contributed by atoms with Crippen molar-refractivity contribution in [1.82, 2.24) is 20.9 Å². The number of hydrogen-bond acceptors (Lipinski definition) is 8. The van der Waals surface area contributed by atoms with Crippen molar-refractivity contribution in [2.24, 2.45) is 17.8 Å². The predicted octanol–water partition coefficient (Wildman–Crippen LogP) is 2.17. The molecular weight excluding hydrogens is 622 g/mol. The Labute approximate surface area is 269 Å². The van der Waals surface area contributed by atoms with Crippen molar-refractivity contribution in [3.05, 3.63) is 65.5 Å². The van der Waals surface area contributed by atoms with Crippen LogP contribution in [0.3, 0.4) is 0 Å². The van der Waals surface area contributed by atoms with E-state index in [1.807, 2.05) is 13.8 Å². The van der Waals surface area contributed by atoms with Crippen molar-refractivity contribution in [3.8, 4) is 0 Å². The summed E-state index contributed by atoms with van der Waals surface area (Å²) in [6.07, 6.45) is -0.490. The summed E-state index contributed by atoms with van der Waals surface area (Å²) in [6.45, 7) is 9.19. The Morgan fingerprint density at radius 2 is 1.61 bits per heavy atom. The minimum absolute atomic E-state index is 0.00548. The van der Waals surface area contributed by atoms with Gasteiger partial charge >= 0.3 is 0 Å². The van der Waals surface area contributed by atoms with Gasteiger partial charge in [-0.1, -0.05) is 41.0 Å². The van der Waals surface area contributed by atoms with Gasteiger partial charge < -0.3 is 26.2 Å². The SMILES string of the molecule is CCCCS(=O)(=O)CC(NC(=O)c1cccnc1)C(=O)NC(Cc1cc(F)cc(F)c1)C(O)C(O)C(C(=O)NCC(C)C)C(C)C. The van der Waals surface area contributed by atoms with Gasteiger partial charge in [0, 0.05) is 25.0 Å². The molecule has 0 radical (unpaired) electrons. The van der Waals surface area contributed by atoms with E-state index in [0.29, 0.717) is 25.5 Å². The van der Waals surface area contributed by atoms with Gasteiger partial charge in [0.25, 0.3) is 5.91 Å². The Balaban J connectivity index is 2.48. The molecule has 2 aromatic rings. The first-order valence-electron chi connectivity index (χ1n) is 15.3. The molecule has 5 atom stereocenters. The lowest BCUT2D eigenvalue weighted by Gasteiger charge is -2.34. The molecule has 0 spiro atoms. The molecule has 14 heteroatoms. The standard InChI is InChI=1S/C32H46F2N4O7S/c1-6-7-11-46(44,45)18-26(38-30(41)22-9-8-10-35-17-22)31(42)37-25(14-21-12-23(33)15-24(34)13-21)28(39)29(40)27(20(4)5)32(43)36-16-19(2)3/h8-10,12-13,15,17,19-20,25-29,39-40H,6-7,11,14,16,18H2,1-5H3,(H,36,43)(H,37,42)(H,38,41). The van der Waals surface area contributed by atoms with Crippen LogP contribution in [0.4, 0.5) is 8.78 Å². The number of aliphatic hydroxyl groups is 2. The molecule has 11 nitrogen and oxygen atoms in total. The predicted molar refractivity (Wildman–Crippen MR) is 169 cm³/mol. The van der Waals surface area contributed by atoms with Crippen LogP contribution in [0.15, 0.2) is 42.7 Å². The fourth-order valence-corrected chi connectivity index (χ4v) is 6.51. The normalized spacial score (nSPS) is 15.1. The van der Waals surface area contributed by atoms with E-state index in [4.69, 9.17) is 0 Å². The van der Waals surface area contributed by atoms with Gasteiger partial charge in [0.05, 0.1) is 35.1 Å². The zero-order valence-electron chi connectivity index (χ0n) is 26.9. The summed E-state index contributed by atoms with van der Waals surface area (Å²) in [5, 5.41) is 30.3. The van der Waals surface area contributed by atoms with E-state index in [1.165, 1.54) is 24.5 Å². The van der Waals surface area contributed by atoms with Crippen LogP contribution < -0.4 is 16.0 Å². The number of aromatic nitrogens is 1. The van der Waals surface area contributed by atoms with Crippen LogP contribution in [0.1, 0.15) is 63.4 Å². The van der Waals surface area contributed by atoms with E-state index in [1.54, 1.807) is 20.8 Å². The van der Waals surface area contributed by atoms with Gasteiger partial charge in [0.15, 0.2) is 9.84 Å². The molecule has 0 saturated carbocycles. The highest BCUT2D eigenvalue weighted by molar-refractivity contribution is 7.91. The number of unbranched alkanes of at least 4 members (excludes halogenated alkanes) is 1. The third kappa shape index (κ3) is 12.4. The number of rotatable bonds is 18. The summed E-state index contributed by atoms with van der Waals surface area (Å²) in [5.74, 6) is -6.76. The largest absolute Gasteiger partial charge is 0.390 e. The van der Waals surface area contributed by atoms with Gasteiger partial charge in [-0.25, -0.2) is 17.2 Å². The molecule has 3 amide bonds. The first kappa shape index (κ1) is 38.7. The van der Waals surface area contributed by atoms with Crippen molar-refractivity contribution in [2.45, 2.75) is 78.2 Å². The highest BCUT2D eigenvalue weighted by atomic mass is 32.2. The van der Waals surface area contributed by atoms with Crippen molar-refractivity contribution >= 4 is 27.6 Å². The van der Waals surface area contributed by atoms with Crippen LogP contribution >= 0.6 is 0 Å². The molecule has 0 bridgehead atoms. The lowest BCUT2D eigenvalue weighted by molar-refractivity contribution is -0.136. The van der Waals surface area contributed by atoms with Crippen molar-refractivity contribution in [2.75, 3.05) is 18.1 Å². The molecule has 1 heterocycles. The second kappa shape index (κ2) is 18.0. The van der Waals surface area contributed by atoms with Crippen LogP contribution in [0.25, 0.3) is 0 Å². The molecule has 0 aliphatic heterocycles. The monoisotopic (exact) mass is 668 g/mol. The second-order valence-corrected chi connectivity index (χ2v) is 14.5. The Kier molecular flexibility index (Phi) is 15.1. The number of nitrogens with one attached hydrogen (secondary N) is 3. The lowest BCUT2D eigenvalue weighted by atomic mass is 9.83. The van der Waals surface area contributed by atoms with Crippen LogP contribution in [-0.2, 0) is 25.8 Å². The zero-order chi connectivity index (χ0) is 34.6. The third-order valence-electron chi connectivity index (χ3n) is 7.32. The van der Waals surface area contributed by atoms with Crippen molar-refractivity contribution in [3.63, 3.8) is 0 Å². The summed E-state index contributed by atoms with van der Waals surface area (Å²) in [4.78, 5) is 43.6. The quantitative estimate of drug-likeness (QED) is 0.161. The number of amides is 3. The molecule has 0 aliphatic rings. The maximum atomic E-state index is 14.1. The van der Waals surface area contributed by atoms with E-state index >= 15 is 0 Å². The van der Waals surface area contributed by atoms with Gasteiger partial charge in [0.1, 0.15) is 23.8 Å². The second-order valence-electron chi connectivity index (χ2n) is 12.2. The number of sulfone groups is 1. The zero-order valence-corrected chi connectivity index (χ0v) is 27.7. The van der Waals surface area contributed by atoms with E-state index in [0.717, 1.165) is 12.1 Å². The minimum Gasteiger partial charge on any atom is -0.390 e. The van der Waals surface area contributed by atoms with Crippen molar-refractivity contribution in [1.29, 1.82) is 0 Å². The maximum Gasteiger partial charge on any atom is 0.253 e. The van der Waals surface area contributed by atoms with Gasteiger partial charge in [0.2, 0.25) is 11.8 Å². The molecule has 5 unspecified atom stereocenters. The number of benzene rings is 1. The summed E-state index contributed by atoms with van der Waals surface area (Å²) < 4.78 is 54.0. The van der Waals surface area contributed by atoms with Crippen molar-refractivity contribution < 1.29 is 41.8 Å². The first-order valence-corrected chi connectivity index (χ1v) is 17.2. The minimum atomic E-state index is -3.86. The highest BCUT2D eigenvalue weighted by Gasteiger charge is 2.40. The first-order chi connectivity index (χ1) is 21.5. The topological polar surface area (TPSA) is 175 Å². The highest BCUT2D eigenvalue weighted by Crippen LogP contribution is 2.22. The van der Waals surface area contributed by atoms with E-state index in [-0.39, 0.29) is 22.8 Å². The van der Waals surface area contributed by atoms with Crippen LogP contribution in [0.2, 0.25) is 0 Å². The molecule has 1 aromatic carbocycles. The summed E-state index contributed by atoms with van der Waals surface area (Å²) in [6, 6.07) is 2.37. The summed E-state index contributed by atoms with van der Waals surface area (Å²) >= 11 is 0. The van der Waals surface area contributed by atoms with Crippen LogP contribution in [0.5, 0.6) is 0 Å². The number of halogens is 2. The molecule has 46 heavy (non-hydrogen) atoms. The smallest absolute Gasteiger partial charge is 0.253 e. The number of pyridine rings is 1. The number of aliphatic hydroxyl groups excluding tert-OH is 2. The molecule has 0 aliphatic carbocycles. The van der Waals surface area contributed by atoms with E-state index in [9.17, 15) is 41.8 Å². The molecule has 256 valence electrons. The molecule has 0 saturated heterocycles. The molecule has 5 N–H and O–H groups in total. The summed E-state index contributed by atoms with van der Waals surface area (Å²) in [5.41, 5.74) is 0.0617. The maximum absolute atomic E-state index is 14.1. The average molecular weight is 669 g/mol. The Morgan fingerprint density at radius 1 is 0.957 bits per heavy atom. The number of nitrogens with zero attached hydrogens (tertiary/aromatic N) is 1.